The lowest BCUT2D eigenvalue weighted by molar-refractivity contribution is -0.116. The van der Waals surface area contributed by atoms with Crippen molar-refractivity contribution in [3.8, 4) is 11.3 Å². The number of para-hydroxylation sites is 1. The molecule has 21 heavy (non-hydrogen) atoms. The Bertz CT molecular complexity index is 761. The van der Waals surface area contributed by atoms with Gasteiger partial charge < -0.3 is 4.57 Å². The van der Waals surface area contributed by atoms with Crippen molar-refractivity contribution < 1.29 is 4.79 Å². The molecule has 2 nitrogen and oxygen atoms in total. The van der Waals surface area contributed by atoms with Crippen LogP contribution in [0.25, 0.3) is 22.2 Å². The summed E-state index contributed by atoms with van der Waals surface area (Å²) in [6, 6.07) is 20.8. The smallest absolute Gasteiger partial charge is 0.145 e. The molecule has 3 aromatic rings. The van der Waals surface area contributed by atoms with E-state index in [-0.39, 0.29) is 5.78 Å². The molecule has 0 fully saturated rings. The second-order valence-electron chi connectivity index (χ2n) is 5.03. The van der Waals surface area contributed by atoms with Gasteiger partial charge in [-0.3, -0.25) is 4.79 Å². The summed E-state index contributed by atoms with van der Waals surface area (Å²) < 4.78 is 2.24. The molecule has 0 aliphatic heterocycles. The number of fused-ring (bicyclic) bond motifs is 1. The van der Waals surface area contributed by atoms with Crippen LogP contribution in [0.1, 0.15) is 6.42 Å². The van der Waals surface area contributed by atoms with E-state index in [0.717, 1.165) is 0 Å². The maximum absolute atomic E-state index is 11.6. The van der Waals surface area contributed by atoms with E-state index in [2.05, 4.69) is 50.8 Å². The number of hydrogen-bond acceptors (Lipinski definition) is 1. The van der Waals surface area contributed by atoms with E-state index in [1.165, 1.54) is 22.2 Å². The first-order valence-corrected chi connectivity index (χ1v) is 8.13. The number of carbonyl (C=O) groups is 1. The number of halogens is 1. The summed E-state index contributed by atoms with van der Waals surface area (Å²) in [5.41, 5.74) is 3.53. The molecule has 1 heterocycles. The molecule has 0 unspecified atom stereocenters. The van der Waals surface area contributed by atoms with Gasteiger partial charge in [-0.15, -0.1) is 0 Å². The van der Waals surface area contributed by atoms with E-state index in [0.29, 0.717) is 18.3 Å². The molecule has 0 atom stereocenters. The number of benzene rings is 2. The first kappa shape index (κ1) is 14.1. The molecule has 0 saturated carbocycles. The summed E-state index contributed by atoms with van der Waals surface area (Å²) in [5.74, 6) is 0.229. The van der Waals surface area contributed by atoms with Crippen LogP contribution in [-0.2, 0) is 11.3 Å². The minimum Gasteiger partial charge on any atom is -0.340 e. The number of aromatic nitrogens is 1. The summed E-state index contributed by atoms with van der Waals surface area (Å²) in [5, 5.41) is 1.63. The van der Waals surface area contributed by atoms with Gasteiger partial charge >= 0.3 is 0 Å². The van der Waals surface area contributed by atoms with Gasteiger partial charge in [0.25, 0.3) is 0 Å². The molecule has 106 valence electrons. The van der Waals surface area contributed by atoms with Crippen molar-refractivity contribution in [1.29, 1.82) is 0 Å². The normalized spacial score (nSPS) is 10.9. The lowest BCUT2D eigenvalue weighted by atomic mass is 10.1. The third kappa shape index (κ3) is 2.93. The molecule has 0 N–H and O–H groups in total. The molecular formula is C18H16BrNO. The first-order chi connectivity index (χ1) is 10.3. The van der Waals surface area contributed by atoms with Gasteiger partial charge in [-0.2, -0.15) is 0 Å². The second-order valence-corrected chi connectivity index (χ2v) is 5.59. The summed E-state index contributed by atoms with van der Waals surface area (Å²) >= 11 is 3.23. The number of alkyl halides is 1. The highest BCUT2D eigenvalue weighted by Gasteiger charge is 2.11. The predicted molar refractivity (Wildman–Crippen MR) is 90.8 cm³/mol. The SMILES string of the molecule is O=C(CBr)CCn1c(-c2ccccc2)cc2ccccc21. The number of rotatable bonds is 5. The van der Waals surface area contributed by atoms with E-state index in [9.17, 15) is 4.79 Å². The lowest BCUT2D eigenvalue weighted by Gasteiger charge is -2.10. The number of nitrogens with zero attached hydrogens (tertiary/aromatic N) is 1. The summed E-state index contributed by atoms with van der Waals surface area (Å²) in [6.45, 7) is 0.710. The molecule has 2 aromatic carbocycles. The van der Waals surface area contributed by atoms with Gasteiger partial charge in [0.2, 0.25) is 0 Å². The average molecular weight is 342 g/mol. The van der Waals surface area contributed by atoms with Crippen molar-refractivity contribution in [3.63, 3.8) is 0 Å². The van der Waals surface area contributed by atoms with Gasteiger partial charge in [0, 0.05) is 29.6 Å². The van der Waals surface area contributed by atoms with Gasteiger partial charge in [0.15, 0.2) is 0 Å². The first-order valence-electron chi connectivity index (χ1n) is 7.01. The molecule has 0 bridgehead atoms. The van der Waals surface area contributed by atoms with E-state index in [4.69, 9.17) is 0 Å². The van der Waals surface area contributed by atoms with Crippen LogP contribution in [0.15, 0.2) is 60.7 Å². The predicted octanol–water partition coefficient (Wildman–Crippen LogP) is 4.66. The highest BCUT2D eigenvalue weighted by Crippen LogP contribution is 2.28. The van der Waals surface area contributed by atoms with E-state index in [1.807, 2.05) is 30.3 Å². The minimum atomic E-state index is 0.229. The summed E-state index contributed by atoms with van der Waals surface area (Å²) in [7, 11) is 0. The number of Topliss-reactive ketones (excluding diaryl/α,β-unsaturated/α-hetero) is 1. The molecule has 0 radical (unpaired) electrons. The number of carbonyl (C=O) groups excluding carboxylic acids is 1. The van der Waals surface area contributed by atoms with Crippen molar-refractivity contribution >= 4 is 32.6 Å². The molecule has 0 aliphatic rings. The monoisotopic (exact) mass is 341 g/mol. The lowest BCUT2D eigenvalue weighted by Crippen LogP contribution is -2.07. The molecule has 0 amide bonds. The van der Waals surface area contributed by atoms with Crippen LogP contribution in [0.2, 0.25) is 0 Å². The summed E-state index contributed by atoms with van der Waals surface area (Å²) in [6.07, 6.45) is 0.545. The number of aryl methyl sites for hydroxylation is 1. The molecule has 3 rings (SSSR count). The van der Waals surface area contributed by atoms with Gasteiger partial charge in [-0.05, 0) is 17.7 Å². The highest BCUT2D eigenvalue weighted by molar-refractivity contribution is 9.09. The van der Waals surface area contributed by atoms with Crippen molar-refractivity contribution in [2.45, 2.75) is 13.0 Å². The van der Waals surface area contributed by atoms with Crippen LogP contribution in [0.3, 0.4) is 0 Å². The zero-order valence-electron chi connectivity index (χ0n) is 11.6. The fourth-order valence-corrected chi connectivity index (χ4v) is 2.88. The Kier molecular flexibility index (Phi) is 4.20. The van der Waals surface area contributed by atoms with E-state index in [1.54, 1.807) is 0 Å². The van der Waals surface area contributed by atoms with Crippen molar-refractivity contribution in [3.05, 3.63) is 60.7 Å². The molecule has 0 aliphatic carbocycles. The Morgan fingerprint density at radius 2 is 1.71 bits per heavy atom. The van der Waals surface area contributed by atoms with Gasteiger partial charge in [-0.25, -0.2) is 0 Å². The molecule has 1 aromatic heterocycles. The van der Waals surface area contributed by atoms with Crippen LogP contribution in [0.4, 0.5) is 0 Å². The minimum absolute atomic E-state index is 0.229. The van der Waals surface area contributed by atoms with Gasteiger partial charge in [0.05, 0.1) is 5.33 Å². The quantitative estimate of drug-likeness (QED) is 0.618. The largest absolute Gasteiger partial charge is 0.340 e. The Morgan fingerprint density at radius 3 is 2.48 bits per heavy atom. The molecular weight excluding hydrogens is 326 g/mol. The van der Waals surface area contributed by atoms with Gasteiger partial charge in [0.1, 0.15) is 5.78 Å². The standard InChI is InChI=1S/C18H16BrNO/c19-13-16(21)10-11-20-17-9-5-4-8-15(17)12-18(20)14-6-2-1-3-7-14/h1-9,12H,10-11,13H2. The number of hydrogen-bond donors (Lipinski definition) is 0. The third-order valence-corrected chi connectivity index (χ3v) is 4.27. The van der Waals surface area contributed by atoms with Crippen molar-refractivity contribution in [1.82, 2.24) is 4.57 Å². The maximum Gasteiger partial charge on any atom is 0.145 e. The fraction of sp³-hybridized carbons (Fsp3) is 0.167. The second kappa shape index (κ2) is 6.27. The topological polar surface area (TPSA) is 22.0 Å². The molecule has 3 heteroatoms. The molecule has 0 saturated heterocycles. The molecule has 0 spiro atoms. The zero-order valence-corrected chi connectivity index (χ0v) is 13.2. The van der Waals surface area contributed by atoms with E-state index < -0.39 is 0 Å². The van der Waals surface area contributed by atoms with E-state index >= 15 is 0 Å². The Balaban J connectivity index is 2.08. The average Bonchev–Trinajstić information content (AvgIpc) is 2.92. The fourth-order valence-electron chi connectivity index (χ4n) is 2.60. The Morgan fingerprint density at radius 1 is 1.00 bits per heavy atom. The van der Waals surface area contributed by atoms with Crippen LogP contribution in [0, 0.1) is 0 Å². The highest BCUT2D eigenvalue weighted by atomic mass is 79.9. The van der Waals surface area contributed by atoms with Crippen molar-refractivity contribution in [2.75, 3.05) is 5.33 Å². The zero-order chi connectivity index (χ0) is 14.7. The maximum atomic E-state index is 11.6. The Hall–Kier alpha value is -1.87. The van der Waals surface area contributed by atoms with Gasteiger partial charge in [-0.1, -0.05) is 64.5 Å². The third-order valence-electron chi connectivity index (χ3n) is 3.64. The van der Waals surface area contributed by atoms with Crippen molar-refractivity contribution in [2.24, 2.45) is 0 Å². The number of ketones is 1. The Labute approximate surface area is 132 Å². The summed E-state index contributed by atoms with van der Waals surface area (Å²) in [4.78, 5) is 11.6. The van der Waals surface area contributed by atoms with Crippen LogP contribution in [-0.4, -0.2) is 15.7 Å². The van der Waals surface area contributed by atoms with Crippen LogP contribution in [0.5, 0.6) is 0 Å². The van der Waals surface area contributed by atoms with Crippen LogP contribution < -0.4 is 0 Å². The van der Waals surface area contributed by atoms with Crippen LogP contribution >= 0.6 is 15.9 Å².